The van der Waals surface area contributed by atoms with Gasteiger partial charge >= 0.3 is 0 Å². The average molecular weight is 348 g/mol. The van der Waals surface area contributed by atoms with Gasteiger partial charge in [0.15, 0.2) is 5.96 Å². The topological polar surface area (TPSA) is 74.8 Å². The lowest BCUT2D eigenvalue weighted by Crippen LogP contribution is -2.44. The second-order valence-electron chi connectivity index (χ2n) is 6.50. The van der Waals surface area contributed by atoms with E-state index in [0.717, 1.165) is 18.1 Å². The summed E-state index contributed by atoms with van der Waals surface area (Å²) in [5.41, 5.74) is 0.616. The van der Waals surface area contributed by atoms with Gasteiger partial charge in [0.2, 0.25) is 0 Å². The Morgan fingerprint density at radius 2 is 1.72 bits per heavy atom. The average Bonchev–Trinajstić information content (AvgIpc) is 2.62. The van der Waals surface area contributed by atoms with E-state index in [2.05, 4.69) is 41.7 Å². The summed E-state index contributed by atoms with van der Waals surface area (Å²) in [5, 5.41) is 9.47. The van der Waals surface area contributed by atoms with Crippen molar-refractivity contribution in [2.24, 2.45) is 10.9 Å². The zero-order chi connectivity index (χ0) is 18.7. The Labute approximate surface area is 151 Å². The van der Waals surface area contributed by atoms with Crippen molar-refractivity contribution in [3.8, 4) is 5.75 Å². The number of rotatable bonds is 9. The van der Waals surface area contributed by atoms with E-state index in [1.54, 1.807) is 38.4 Å². The Bertz CT molecular complexity index is 541. The van der Waals surface area contributed by atoms with Gasteiger partial charge in [0.05, 0.1) is 7.11 Å². The molecule has 140 valence electrons. The van der Waals surface area contributed by atoms with E-state index in [1.807, 2.05) is 0 Å². The Morgan fingerprint density at radius 3 is 2.28 bits per heavy atom. The van der Waals surface area contributed by atoms with Crippen LogP contribution in [-0.2, 0) is 0 Å². The molecule has 0 fully saturated rings. The maximum Gasteiger partial charge on any atom is 0.251 e. The molecule has 1 rings (SSSR count). The third kappa shape index (κ3) is 8.42. The van der Waals surface area contributed by atoms with Crippen LogP contribution in [0.5, 0.6) is 5.75 Å². The van der Waals surface area contributed by atoms with Crippen LogP contribution >= 0.6 is 0 Å². The molecule has 25 heavy (non-hydrogen) atoms. The van der Waals surface area contributed by atoms with Crippen molar-refractivity contribution in [3.63, 3.8) is 0 Å². The quantitative estimate of drug-likeness (QED) is 0.364. The summed E-state index contributed by atoms with van der Waals surface area (Å²) in [6, 6.07) is 7.41. The molecule has 1 atom stereocenters. The highest BCUT2D eigenvalue weighted by atomic mass is 16.5. The largest absolute Gasteiger partial charge is 0.497 e. The number of carbonyl (C=O) groups excluding carboxylic acids is 1. The molecule has 0 saturated heterocycles. The molecule has 0 aliphatic heterocycles. The second kappa shape index (κ2) is 11.3. The number of benzene rings is 1. The zero-order valence-electron chi connectivity index (χ0n) is 16.1. The minimum atomic E-state index is -0.0994. The lowest BCUT2D eigenvalue weighted by molar-refractivity contribution is 0.0954. The first-order chi connectivity index (χ1) is 12.0. The summed E-state index contributed by atoms with van der Waals surface area (Å²) in [6.45, 7) is 7.74. The molecule has 0 spiro atoms. The van der Waals surface area contributed by atoms with Crippen LogP contribution in [0.15, 0.2) is 29.3 Å². The lowest BCUT2D eigenvalue weighted by atomic mass is 10.0. The third-order valence-electron chi connectivity index (χ3n) is 3.84. The van der Waals surface area contributed by atoms with E-state index in [1.165, 1.54) is 6.42 Å². The number of aliphatic imine (C=N–C) groups is 1. The predicted molar refractivity (Wildman–Crippen MR) is 103 cm³/mol. The highest BCUT2D eigenvalue weighted by molar-refractivity contribution is 5.94. The Kier molecular flexibility index (Phi) is 9.43. The fourth-order valence-corrected chi connectivity index (χ4v) is 2.28. The van der Waals surface area contributed by atoms with E-state index in [4.69, 9.17) is 4.74 Å². The lowest BCUT2D eigenvalue weighted by Gasteiger charge is -2.18. The van der Waals surface area contributed by atoms with Gasteiger partial charge in [-0.05, 0) is 49.9 Å². The van der Waals surface area contributed by atoms with Crippen molar-refractivity contribution < 1.29 is 9.53 Å². The first-order valence-electron chi connectivity index (χ1n) is 8.85. The maximum absolute atomic E-state index is 12.1. The van der Waals surface area contributed by atoms with Crippen LogP contribution < -0.4 is 20.7 Å². The molecule has 3 N–H and O–H groups in total. The van der Waals surface area contributed by atoms with Gasteiger partial charge in [-0.15, -0.1) is 0 Å². The molecule has 0 heterocycles. The number of carbonyl (C=O) groups is 1. The molecule has 1 aromatic rings. The number of amides is 1. The molecule has 0 bridgehead atoms. The minimum Gasteiger partial charge on any atom is -0.497 e. The fourth-order valence-electron chi connectivity index (χ4n) is 2.28. The second-order valence-corrected chi connectivity index (χ2v) is 6.50. The van der Waals surface area contributed by atoms with Crippen LogP contribution in [0.1, 0.15) is 44.0 Å². The minimum absolute atomic E-state index is 0.0994. The molecule has 1 amide bonds. The van der Waals surface area contributed by atoms with Gasteiger partial charge in [0.25, 0.3) is 5.91 Å². The summed E-state index contributed by atoms with van der Waals surface area (Å²) < 4.78 is 5.09. The fraction of sp³-hybridized carbons (Fsp3) is 0.579. The van der Waals surface area contributed by atoms with E-state index < -0.39 is 0 Å². The van der Waals surface area contributed by atoms with Crippen LogP contribution in [0.4, 0.5) is 0 Å². The Morgan fingerprint density at radius 1 is 1.08 bits per heavy atom. The molecular formula is C19H32N4O2. The summed E-state index contributed by atoms with van der Waals surface area (Å²) >= 11 is 0. The number of hydrogen-bond acceptors (Lipinski definition) is 3. The molecule has 0 aliphatic carbocycles. The SMILES string of the molecule is CN=C(NCCNC(=O)c1ccc(OC)cc1)NC(C)CCC(C)C. The Balaban J connectivity index is 2.29. The van der Waals surface area contributed by atoms with E-state index >= 15 is 0 Å². The van der Waals surface area contributed by atoms with E-state index in [-0.39, 0.29) is 5.91 Å². The van der Waals surface area contributed by atoms with Gasteiger partial charge in [0.1, 0.15) is 5.75 Å². The maximum atomic E-state index is 12.1. The van der Waals surface area contributed by atoms with Crippen LogP contribution in [0.2, 0.25) is 0 Å². The molecule has 0 aliphatic rings. The van der Waals surface area contributed by atoms with Crippen molar-refractivity contribution in [2.45, 2.75) is 39.7 Å². The highest BCUT2D eigenvalue weighted by Crippen LogP contribution is 2.10. The van der Waals surface area contributed by atoms with Crippen LogP contribution in [0.3, 0.4) is 0 Å². The normalized spacial score (nSPS) is 12.6. The molecular weight excluding hydrogens is 316 g/mol. The van der Waals surface area contributed by atoms with E-state index in [9.17, 15) is 4.79 Å². The van der Waals surface area contributed by atoms with Crippen molar-refractivity contribution in [1.29, 1.82) is 0 Å². The predicted octanol–water partition coefficient (Wildman–Crippen LogP) is 2.41. The first kappa shape index (κ1) is 20.8. The van der Waals surface area contributed by atoms with Crippen LogP contribution in [-0.4, -0.2) is 45.2 Å². The number of hydrogen-bond donors (Lipinski definition) is 3. The highest BCUT2D eigenvalue weighted by Gasteiger charge is 2.07. The van der Waals surface area contributed by atoms with Crippen molar-refractivity contribution in [2.75, 3.05) is 27.2 Å². The summed E-state index contributed by atoms with van der Waals surface area (Å²) in [7, 11) is 3.35. The monoisotopic (exact) mass is 348 g/mol. The van der Waals surface area contributed by atoms with Crippen molar-refractivity contribution in [1.82, 2.24) is 16.0 Å². The smallest absolute Gasteiger partial charge is 0.251 e. The Hall–Kier alpha value is -2.24. The molecule has 6 heteroatoms. The third-order valence-corrected chi connectivity index (χ3v) is 3.84. The van der Waals surface area contributed by atoms with Crippen LogP contribution in [0.25, 0.3) is 0 Å². The number of methoxy groups -OCH3 is 1. The molecule has 0 saturated carbocycles. The number of nitrogens with one attached hydrogen (secondary N) is 3. The van der Waals surface area contributed by atoms with Gasteiger partial charge in [0, 0.05) is 31.7 Å². The van der Waals surface area contributed by atoms with Crippen molar-refractivity contribution in [3.05, 3.63) is 29.8 Å². The number of ether oxygens (including phenoxy) is 1. The molecule has 0 aromatic heterocycles. The zero-order valence-corrected chi connectivity index (χ0v) is 16.1. The summed E-state index contributed by atoms with van der Waals surface area (Å²) in [6.07, 6.45) is 2.29. The van der Waals surface area contributed by atoms with Gasteiger partial charge in [-0.25, -0.2) is 0 Å². The molecule has 1 aromatic carbocycles. The summed E-state index contributed by atoms with van der Waals surface area (Å²) in [4.78, 5) is 16.3. The summed E-state index contributed by atoms with van der Waals surface area (Å²) in [5.74, 6) is 2.10. The standard InChI is InChI=1S/C19H32N4O2/c1-14(2)6-7-15(3)23-19(20-4)22-13-12-21-18(24)16-8-10-17(25-5)11-9-16/h8-11,14-15H,6-7,12-13H2,1-5H3,(H,21,24)(H2,20,22,23). The molecule has 6 nitrogen and oxygen atoms in total. The van der Waals surface area contributed by atoms with Crippen LogP contribution in [0, 0.1) is 5.92 Å². The first-order valence-corrected chi connectivity index (χ1v) is 8.85. The van der Waals surface area contributed by atoms with Gasteiger partial charge in [-0.1, -0.05) is 13.8 Å². The number of nitrogens with zero attached hydrogens (tertiary/aromatic N) is 1. The van der Waals surface area contributed by atoms with Gasteiger partial charge < -0.3 is 20.7 Å². The van der Waals surface area contributed by atoms with Gasteiger partial charge in [-0.3, -0.25) is 9.79 Å². The number of guanidine groups is 1. The van der Waals surface area contributed by atoms with E-state index in [0.29, 0.717) is 30.6 Å². The molecule has 0 radical (unpaired) electrons. The molecule has 1 unspecified atom stereocenters. The van der Waals surface area contributed by atoms with Gasteiger partial charge in [-0.2, -0.15) is 0 Å². The van der Waals surface area contributed by atoms with Crippen molar-refractivity contribution >= 4 is 11.9 Å².